The standard InChI is InChI=1S/C24H29ClN4O2/c1-15(2)29-21-8-6-7-20(18(21)14-27-29)28-23(31)17-11-16(9-10-19(17)25)13-26-22(30)12-24(3,4)5/h6-11,14-15H,12-13H2,1-5H3,(H,26,30)(H,28,31). The lowest BCUT2D eigenvalue weighted by Crippen LogP contribution is -2.27. The van der Waals surface area contributed by atoms with E-state index in [0.717, 1.165) is 16.5 Å². The van der Waals surface area contributed by atoms with Gasteiger partial charge in [0, 0.05) is 24.4 Å². The molecule has 0 saturated carbocycles. The molecule has 2 aromatic carbocycles. The number of rotatable bonds is 6. The SMILES string of the molecule is CC(C)n1ncc2c(NC(=O)c3cc(CNC(=O)CC(C)(C)C)ccc3Cl)cccc21. The second kappa shape index (κ2) is 9.10. The summed E-state index contributed by atoms with van der Waals surface area (Å²) >= 11 is 6.31. The third-order valence-electron chi connectivity index (χ3n) is 4.83. The van der Waals surface area contributed by atoms with Crippen LogP contribution >= 0.6 is 11.6 Å². The summed E-state index contributed by atoms with van der Waals surface area (Å²) in [5.41, 5.74) is 2.71. The minimum Gasteiger partial charge on any atom is -0.352 e. The van der Waals surface area contributed by atoms with Gasteiger partial charge in [0.05, 0.1) is 28.0 Å². The van der Waals surface area contributed by atoms with Crippen molar-refractivity contribution in [3.8, 4) is 0 Å². The molecule has 0 aliphatic heterocycles. The predicted octanol–water partition coefficient (Wildman–Crippen LogP) is 5.58. The Balaban J connectivity index is 1.77. The smallest absolute Gasteiger partial charge is 0.257 e. The maximum absolute atomic E-state index is 13.0. The van der Waals surface area contributed by atoms with E-state index in [1.807, 2.05) is 49.7 Å². The average Bonchev–Trinajstić information content (AvgIpc) is 3.11. The quantitative estimate of drug-likeness (QED) is 0.525. The highest BCUT2D eigenvalue weighted by Crippen LogP contribution is 2.27. The van der Waals surface area contributed by atoms with E-state index < -0.39 is 0 Å². The summed E-state index contributed by atoms with van der Waals surface area (Å²) in [6.45, 7) is 10.5. The van der Waals surface area contributed by atoms with Gasteiger partial charge in [0.2, 0.25) is 5.91 Å². The van der Waals surface area contributed by atoms with Gasteiger partial charge in [-0.2, -0.15) is 5.10 Å². The molecule has 0 spiro atoms. The molecule has 164 valence electrons. The van der Waals surface area contributed by atoms with Crippen molar-refractivity contribution in [2.45, 2.75) is 53.6 Å². The highest BCUT2D eigenvalue weighted by Gasteiger charge is 2.17. The largest absolute Gasteiger partial charge is 0.352 e. The molecule has 31 heavy (non-hydrogen) atoms. The first-order chi connectivity index (χ1) is 14.5. The van der Waals surface area contributed by atoms with Gasteiger partial charge in [-0.15, -0.1) is 0 Å². The van der Waals surface area contributed by atoms with Gasteiger partial charge in [0.15, 0.2) is 0 Å². The van der Waals surface area contributed by atoms with E-state index in [9.17, 15) is 9.59 Å². The summed E-state index contributed by atoms with van der Waals surface area (Å²) in [6.07, 6.45) is 2.19. The Hall–Kier alpha value is -2.86. The van der Waals surface area contributed by atoms with Crippen molar-refractivity contribution in [3.63, 3.8) is 0 Å². The fourth-order valence-electron chi connectivity index (χ4n) is 3.38. The van der Waals surface area contributed by atoms with Crippen LogP contribution in [0.15, 0.2) is 42.6 Å². The molecule has 2 N–H and O–H groups in total. The van der Waals surface area contributed by atoms with Gasteiger partial charge in [0.25, 0.3) is 5.91 Å². The van der Waals surface area contributed by atoms with Crippen LogP contribution < -0.4 is 10.6 Å². The summed E-state index contributed by atoms with van der Waals surface area (Å²) in [5, 5.41) is 11.5. The third-order valence-corrected chi connectivity index (χ3v) is 5.16. The van der Waals surface area contributed by atoms with Crippen molar-refractivity contribution in [3.05, 3.63) is 58.7 Å². The highest BCUT2D eigenvalue weighted by atomic mass is 35.5. The van der Waals surface area contributed by atoms with E-state index in [4.69, 9.17) is 11.6 Å². The van der Waals surface area contributed by atoms with Crippen LogP contribution in [0.4, 0.5) is 5.69 Å². The van der Waals surface area contributed by atoms with E-state index in [1.54, 1.807) is 18.3 Å². The monoisotopic (exact) mass is 440 g/mol. The van der Waals surface area contributed by atoms with Crippen molar-refractivity contribution in [1.29, 1.82) is 0 Å². The average molecular weight is 441 g/mol. The minimum atomic E-state index is -0.308. The fourth-order valence-corrected chi connectivity index (χ4v) is 3.59. The van der Waals surface area contributed by atoms with Crippen LogP contribution in [-0.2, 0) is 11.3 Å². The molecule has 0 unspecified atom stereocenters. The van der Waals surface area contributed by atoms with Gasteiger partial charge in [-0.25, -0.2) is 0 Å². The van der Waals surface area contributed by atoms with Crippen LogP contribution in [0.1, 0.15) is 63.0 Å². The van der Waals surface area contributed by atoms with Crippen LogP contribution in [0.25, 0.3) is 10.9 Å². The Morgan fingerprint density at radius 3 is 2.58 bits per heavy atom. The normalized spacial score (nSPS) is 11.7. The predicted molar refractivity (Wildman–Crippen MR) is 125 cm³/mol. The summed E-state index contributed by atoms with van der Waals surface area (Å²) in [7, 11) is 0. The summed E-state index contributed by atoms with van der Waals surface area (Å²) < 4.78 is 1.92. The molecule has 0 aliphatic rings. The van der Waals surface area contributed by atoms with Crippen LogP contribution in [0.5, 0.6) is 0 Å². The number of nitrogens with one attached hydrogen (secondary N) is 2. The minimum absolute atomic E-state index is 0.0257. The lowest BCUT2D eigenvalue weighted by molar-refractivity contribution is -0.122. The number of carbonyl (C=O) groups excluding carboxylic acids is 2. The Labute approximate surface area is 188 Å². The van der Waals surface area contributed by atoms with Crippen molar-refractivity contribution in [2.75, 3.05) is 5.32 Å². The number of halogens is 1. The van der Waals surface area contributed by atoms with E-state index in [-0.39, 0.29) is 23.3 Å². The molecule has 7 heteroatoms. The van der Waals surface area contributed by atoms with Gasteiger partial charge in [-0.1, -0.05) is 44.5 Å². The Kier molecular flexibility index (Phi) is 6.70. The van der Waals surface area contributed by atoms with Gasteiger partial charge in [-0.3, -0.25) is 14.3 Å². The van der Waals surface area contributed by atoms with E-state index in [1.165, 1.54) is 0 Å². The highest BCUT2D eigenvalue weighted by molar-refractivity contribution is 6.34. The van der Waals surface area contributed by atoms with Gasteiger partial charge < -0.3 is 10.6 Å². The number of aromatic nitrogens is 2. The molecule has 3 aromatic rings. The number of hydrogen-bond donors (Lipinski definition) is 2. The maximum Gasteiger partial charge on any atom is 0.257 e. The van der Waals surface area contributed by atoms with Gasteiger partial charge >= 0.3 is 0 Å². The number of hydrogen-bond acceptors (Lipinski definition) is 3. The van der Waals surface area contributed by atoms with E-state index in [0.29, 0.717) is 29.2 Å². The van der Waals surface area contributed by atoms with Crippen LogP contribution in [0.3, 0.4) is 0 Å². The third kappa shape index (κ3) is 5.64. The maximum atomic E-state index is 13.0. The molecule has 0 saturated heterocycles. The zero-order valence-corrected chi connectivity index (χ0v) is 19.4. The van der Waals surface area contributed by atoms with Crippen LogP contribution in [0.2, 0.25) is 5.02 Å². The van der Waals surface area contributed by atoms with Crippen molar-refractivity contribution in [1.82, 2.24) is 15.1 Å². The summed E-state index contributed by atoms with van der Waals surface area (Å²) in [4.78, 5) is 25.1. The fraction of sp³-hybridized carbons (Fsp3) is 0.375. The van der Waals surface area contributed by atoms with Gasteiger partial charge in [0.1, 0.15) is 0 Å². The molecular formula is C24H29ClN4O2. The molecule has 0 atom stereocenters. The summed E-state index contributed by atoms with van der Waals surface area (Å²) in [6, 6.07) is 11.1. The molecule has 0 radical (unpaired) electrons. The number of fused-ring (bicyclic) bond motifs is 1. The first-order valence-electron chi connectivity index (χ1n) is 10.4. The molecule has 2 amide bonds. The van der Waals surface area contributed by atoms with Crippen molar-refractivity contribution in [2.24, 2.45) is 5.41 Å². The Morgan fingerprint density at radius 1 is 1.16 bits per heavy atom. The molecule has 0 fully saturated rings. The summed E-state index contributed by atoms with van der Waals surface area (Å²) in [5.74, 6) is -0.333. The number of benzene rings is 2. The number of carbonyl (C=O) groups is 2. The lowest BCUT2D eigenvalue weighted by Gasteiger charge is -2.17. The molecular weight excluding hydrogens is 412 g/mol. The Morgan fingerprint density at radius 2 is 1.90 bits per heavy atom. The molecule has 0 bridgehead atoms. The lowest BCUT2D eigenvalue weighted by atomic mass is 9.92. The zero-order valence-electron chi connectivity index (χ0n) is 18.6. The molecule has 1 heterocycles. The topological polar surface area (TPSA) is 76.0 Å². The van der Waals surface area contributed by atoms with Gasteiger partial charge in [-0.05, 0) is 49.1 Å². The van der Waals surface area contributed by atoms with Crippen molar-refractivity contribution < 1.29 is 9.59 Å². The number of nitrogens with zero attached hydrogens (tertiary/aromatic N) is 2. The molecule has 6 nitrogen and oxygen atoms in total. The van der Waals surface area contributed by atoms with Crippen molar-refractivity contribution >= 4 is 40.0 Å². The second-order valence-corrected chi connectivity index (χ2v) is 9.61. The first kappa shape index (κ1) is 22.8. The molecule has 0 aliphatic carbocycles. The van der Waals surface area contributed by atoms with E-state index >= 15 is 0 Å². The zero-order chi connectivity index (χ0) is 22.8. The van der Waals surface area contributed by atoms with E-state index in [2.05, 4.69) is 29.6 Å². The molecule has 3 rings (SSSR count). The Bertz CT molecular complexity index is 1110. The number of anilines is 1. The van der Waals surface area contributed by atoms with Crippen LogP contribution in [0, 0.1) is 5.41 Å². The second-order valence-electron chi connectivity index (χ2n) is 9.20. The number of amides is 2. The molecule has 1 aromatic heterocycles. The van der Waals surface area contributed by atoms with Crippen LogP contribution in [-0.4, -0.2) is 21.6 Å². The first-order valence-corrected chi connectivity index (χ1v) is 10.8.